The molecule has 2 heteroatoms. The lowest BCUT2D eigenvalue weighted by atomic mass is 9.56. The predicted octanol–water partition coefficient (Wildman–Crippen LogP) is 3.94. The maximum atomic E-state index is 14.5. The molecule has 0 amide bonds. The Morgan fingerprint density at radius 3 is 2.05 bits per heavy atom. The van der Waals surface area contributed by atoms with Gasteiger partial charge in [0.2, 0.25) is 0 Å². The zero-order valence-corrected chi connectivity index (χ0v) is 12.7. The minimum Gasteiger partial charge on any atom is -0.316 e. The molecule has 2 unspecified atom stereocenters. The summed E-state index contributed by atoms with van der Waals surface area (Å²) in [6.07, 6.45) is 0.887. The molecule has 3 atom stereocenters. The molecule has 1 aliphatic heterocycles. The molecule has 2 fully saturated rings. The molecule has 0 bridgehead atoms. The standard InChI is InChI=1S/C20H22FN/c21-19-11-12-20(15-7-3-1-4-8-15,16-9-5-2-6-10-16)18-14-22-13-17(18)19/h1-10,17-19,22H,11-14H2/t17-,18?,19?/m0/s1. The molecular weight excluding hydrogens is 273 g/mol. The van der Waals surface area contributed by atoms with Crippen molar-refractivity contribution in [3.63, 3.8) is 0 Å². The lowest BCUT2D eigenvalue weighted by Crippen LogP contribution is -2.47. The molecule has 1 nitrogen and oxygen atoms in total. The Kier molecular flexibility index (Phi) is 3.50. The Bertz CT molecular complexity index is 585. The van der Waals surface area contributed by atoms with Gasteiger partial charge in [-0.05, 0) is 36.4 Å². The van der Waals surface area contributed by atoms with E-state index in [0.29, 0.717) is 12.3 Å². The minimum atomic E-state index is -0.666. The number of benzene rings is 2. The van der Waals surface area contributed by atoms with Gasteiger partial charge in [0.15, 0.2) is 0 Å². The van der Waals surface area contributed by atoms with E-state index in [4.69, 9.17) is 0 Å². The second-order valence-corrected chi connectivity index (χ2v) is 6.69. The van der Waals surface area contributed by atoms with Crippen LogP contribution in [-0.2, 0) is 5.41 Å². The van der Waals surface area contributed by atoms with Gasteiger partial charge < -0.3 is 5.32 Å². The summed E-state index contributed by atoms with van der Waals surface area (Å²) in [6, 6.07) is 21.5. The van der Waals surface area contributed by atoms with Crippen molar-refractivity contribution in [3.8, 4) is 0 Å². The quantitative estimate of drug-likeness (QED) is 0.885. The van der Waals surface area contributed by atoms with Gasteiger partial charge in [-0.1, -0.05) is 60.7 Å². The van der Waals surface area contributed by atoms with E-state index in [2.05, 4.69) is 66.0 Å². The maximum Gasteiger partial charge on any atom is 0.105 e. The monoisotopic (exact) mass is 295 g/mol. The van der Waals surface area contributed by atoms with E-state index in [1.807, 2.05) is 0 Å². The van der Waals surface area contributed by atoms with Crippen molar-refractivity contribution >= 4 is 0 Å². The fourth-order valence-electron chi connectivity index (χ4n) is 4.74. The summed E-state index contributed by atoms with van der Waals surface area (Å²) in [5.74, 6) is 0.468. The van der Waals surface area contributed by atoms with Crippen LogP contribution in [0.3, 0.4) is 0 Å². The summed E-state index contributed by atoms with van der Waals surface area (Å²) < 4.78 is 14.5. The maximum absolute atomic E-state index is 14.5. The van der Waals surface area contributed by atoms with E-state index in [0.717, 1.165) is 19.5 Å². The Labute approximate surface area is 131 Å². The SMILES string of the molecule is FC1CCC(c2ccccc2)(c2ccccc2)C2CNC[C@H]12. The first-order valence-corrected chi connectivity index (χ1v) is 8.28. The highest BCUT2D eigenvalue weighted by atomic mass is 19.1. The Morgan fingerprint density at radius 1 is 0.864 bits per heavy atom. The zero-order valence-electron chi connectivity index (χ0n) is 12.7. The average Bonchev–Trinajstić information content (AvgIpc) is 3.08. The molecule has 1 saturated heterocycles. The molecule has 1 N–H and O–H groups in total. The summed E-state index contributed by atoms with van der Waals surface area (Å²) in [5, 5.41) is 3.45. The largest absolute Gasteiger partial charge is 0.316 e. The van der Waals surface area contributed by atoms with Crippen molar-refractivity contribution in [2.75, 3.05) is 13.1 Å². The lowest BCUT2D eigenvalue weighted by molar-refractivity contribution is 0.0883. The van der Waals surface area contributed by atoms with Crippen LogP contribution in [-0.4, -0.2) is 19.3 Å². The molecule has 1 saturated carbocycles. The van der Waals surface area contributed by atoms with E-state index >= 15 is 0 Å². The minimum absolute atomic E-state index is 0.0563. The Balaban J connectivity index is 1.90. The van der Waals surface area contributed by atoms with Gasteiger partial charge in [0.05, 0.1) is 0 Å². The molecular formula is C20H22FN. The van der Waals surface area contributed by atoms with Crippen LogP contribution >= 0.6 is 0 Å². The zero-order chi connectivity index (χ0) is 15.0. The molecule has 0 spiro atoms. The number of nitrogens with one attached hydrogen (secondary N) is 1. The third-order valence-electron chi connectivity index (χ3n) is 5.75. The van der Waals surface area contributed by atoms with Crippen molar-refractivity contribution in [3.05, 3.63) is 71.8 Å². The van der Waals surface area contributed by atoms with Gasteiger partial charge >= 0.3 is 0 Å². The lowest BCUT2D eigenvalue weighted by Gasteiger charge is -2.47. The summed E-state index contributed by atoms with van der Waals surface area (Å²) in [7, 11) is 0. The first kappa shape index (κ1) is 14.0. The van der Waals surface area contributed by atoms with E-state index in [1.165, 1.54) is 11.1 Å². The predicted molar refractivity (Wildman–Crippen MR) is 87.6 cm³/mol. The normalized spacial score (nSPS) is 30.0. The van der Waals surface area contributed by atoms with Crippen LogP contribution < -0.4 is 5.32 Å². The summed E-state index contributed by atoms with van der Waals surface area (Å²) in [4.78, 5) is 0. The summed E-state index contributed by atoms with van der Waals surface area (Å²) in [6.45, 7) is 1.72. The van der Waals surface area contributed by atoms with Gasteiger partial charge in [-0.15, -0.1) is 0 Å². The third kappa shape index (κ3) is 2.01. The highest BCUT2D eigenvalue weighted by Crippen LogP contribution is 2.52. The van der Waals surface area contributed by atoms with E-state index < -0.39 is 6.17 Å². The first-order valence-electron chi connectivity index (χ1n) is 8.28. The molecule has 114 valence electrons. The van der Waals surface area contributed by atoms with Crippen LogP contribution in [0.15, 0.2) is 60.7 Å². The second-order valence-electron chi connectivity index (χ2n) is 6.69. The molecule has 1 heterocycles. The van der Waals surface area contributed by atoms with Gasteiger partial charge in [-0.3, -0.25) is 0 Å². The molecule has 22 heavy (non-hydrogen) atoms. The molecule has 2 aromatic rings. The fourth-order valence-corrected chi connectivity index (χ4v) is 4.74. The van der Waals surface area contributed by atoms with Crippen LogP contribution in [0.5, 0.6) is 0 Å². The van der Waals surface area contributed by atoms with Gasteiger partial charge in [0, 0.05) is 17.9 Å². The number of hydrogen-bond donors (Lipinski definition) is 1. The summed E-state index contributed by atoms with van der Waals surface area (Å²) >= 11 is 0. The molecule has 2 aliphatic rings. The topological polar surface area (TPSA) is 12.0 Å². The van der Waals surface area contributed by atoms with Crippen molar-refractivity contribution in [1.29, 1.82) is 0 Å². The average molecular weight is 295 g/mol. The van der Waals surface area contributed by atoms with Crippen LogP contribution in [0.2, 0.25) is 0 Å². The van der Waals surface area contributed by atoms with E-state index in [1.54, 1.807) is 0 Å². The van der Waals surface area contributed by atoms with Crippen LogP contribution in [0.1, 0.15) is 24.0 Å². The molecule has 0 aromatic heterocycles. The fraction of sp³-hybridized carbons (Fsp3) is 0.400. The molecule has 1 aliphatic carbocycles. The number of fused-ring (bicyclic) bond motifs is 1. The number of rotatable bonds is 2. The van der Waals surface area contributed by atoms with Crippen LogP contribution in [0.25, 0.3) is 0 Å². The number of hydrogen-bond acceptors (Lipinski definition) is 1. The number of halogens is 1. The van der Waals surface area contributed by atoms with Gasteiger partial charge in [-0.25, -0.2) is 4.39 Å². The third-order valence-corrected chi connectivity index (χ3v) is 5.75. The second kappa shape index (κ2) is 5.51. The van der Waals surface area contributed by atoms with Crippen molar-refractivity contribution in [1.82, 2.24) is 5.32 Å². The van der Waals surface area contributed by atoms with Gasteiger partial charge in [-0.2, -0.15) is 0 Å². The van der Waals surface area contributed by atoms with E-state index in [-0.39, 0.29) is 11.3 Å². The Morgan fingerprint density at radius 2 is 1.45 bits per heavy atom. The van der Waals surface area contributed by atoms with Gasteiger partial charge in [0.1, 0.15) is 6.17 Å². The smallest absolute Gasteiger partial charge is 0.105 e. The van der Waals surface area contributed by atoms with Crippen molar-refractivity contribution in [2.45, 2.75) is 24.4 Å². The molecule has 2 aromatic carbocycles. The molecule has 0 radical (unpaired) electrons. The van der Waals surface area contributed by atoms with Crippen molar-refractivity contribution < 1.29 is 4.39 Å². The highest BCUT2D eigenvalue weighted by Gasteiger charge is 2.52. The van der Waals surface area contributed by atoms with Crippen molar-refractivity contribution in [2.24, 2.45) is 11.8 Å². The number of alkyl halides is 1. The highest BCUT2D eigenvalue weighted by molar-refractivity contribution is 5.42. The Hall–Kier alpha value is -1.67. The van der Waals surface area contributed by atoms with Crippen LogP contribution in [0.4, 0.5) is 4.39 Å². The summed E-state index contributed by atoms with van der Waals surface area (Å²) in [5.41, 5.74) is 2.62. The van der Waals surface area contributed by atoms with Gasteiger partial charge in [0.25, 0.3) is 0 Å². The van der Waals surface area contributed by atoms with Crippen LogP contribution in [0, 0.1) is 11.8 Å². The molecule has 4 rings (SSSR count). The first-order chi connectivity index (χ1) is 10.8. The van der Waals surface area contributed by atoms with E-state index in [9.17, 15) is 4.39 Å².